The van der Waals surface area contributed by atoms with Crippen LogP contribution in [0.25, 0.3) is 0 Å². The minimum absolute atomic E-state index is 0.0511. The molecule has 7 heteroatoms. The third kappa shape index (κ3) is 2.97. The molecule has 3 nitrogen and oxygen atoms in total. The van der Waals surface area contributed by atoms with Crippen LogP contribution >= 0.6 is 0 Å². The number of aliphatic hydroxyl groups excluding tert-OH is 1. The average molecular weight is 278 g/mol. The van der Waals surface area contributed by atoms with Crippen molar-refractivity contribution < 1.29 is 22.7 Å². The monoisotopic (exact) mass is 278 g/mol. The second-order valence-electron chi connectivity index (χ2n) is 4.69. The third-order valence-corrected chi connectivity index (χ3v) is 3.43. The Kier molecular flexibility index (Phi) is 4.24. The van der Waals surface area contributed by atoms with Crippen molar-refractivity contribution in [1.82, 2.24) is 4.98 Å². The Morgan fingerprint density at radius 2 is 1.63 bits per heavy atom. The number of aromatic nitrogens is 1. The van der Waals surface area contributed by atoms with Gasteiger partial charge >= 0.3 is 0 Å². The van der Waals surface area contributed by atoms with E-state index in [-0.39, 0.29) is 12.5 Å². The first-order valence-electron chi connectivity index (χ1n) is 6.12. The molecule has 1 unspecified atom stereocenters. The summed E-state index contributed by atoms with van der Waals surface area (Å²) in [7, 11) is 0. The Hall–Kier alpha value is -1.37. The van der Waals surface area contributed by atoms with Gasteiger partial charge in [-0.25, -0.2) is 0 Å². The van der Waals surface area contributed by atoms with Crippen LogP contribution in [0.5, 0.6) is 0 Å². The highest BCUT2D eigenvalue weighted by molar-refractivity contribution is 5.45. The molecular weight excluding hydrogens is 264 g/mol. The zero-order chi connectivity index (χ0) is 14.0. The first-order valence-corrected chi connectivity index (χ1v) is 6.12. The number of anilines is 1. The van der Waals surface area contributed by atoms with Gasteiger partial charge in [-0.3, -0.25) is 0 Å². The van der Waals surface area contributed by atoms with Crippen LogP contribution in [-0.4, -0.2) is 22.7 Å². The van der Waals surface area contributed by atoms with Crippen LogP contribution in [0.15, 0.2) is 0 Å². The molecule has 1 atom stereocenters. The summed E-state index contributed by atoms with van der Waals surface area (Å²) < 4.78 is 52.3. The van der Waals surface area contributed by atoms with Crippen LogP contribution in [0.3, 0.4) is 0 Å². The number of nitrogens with zero attached hydrogens (tertiary/aromatic N) is 1. The first-order chi connectivity index (χ1) is 9.00. The minimum atomic E-state index is -1.71. The van der Waals surface area contributed by atoms with Crippen LogP contribution in [0, 0.1) is 29.4 Å². The fourth-order valence-corrected chi connectivity index (χ4v) is 2.36. The second kappa shape index (κ2) is 5.73. The SMILES string of the molecule is OC(CNc1c(F)c(F)nc(F)c1F)C1CCCC1. The normalized spacial score (nSPS) is 17.7. The van der Waals surface area contributed by atoms with E-state index in [2.05, 4.69) is 10.3 Å². The summed E-state index contributed by atoms with van der Waals surface area (Å²) in [5.41, 5.74) is -0.929. The number of pyridine rings is 1. The topological polar surface area (TPSA) is 45.1 Å². The number of nitrogens with one attached hydrogen (secondary N) is 1. The fraction of sp³-hybridized carbons (Fsp3) is 0.583. The van der Waals surface area contributed by atoms with Gasteiger partial charge in [0, 0.05) is 6.54 Å². The molecule has 0 aromatic carbocycles. The standard InChI is InChI=1S/C12H14F4N2O/c13-8-10(9(14)12(16)18-11(8)15)17-5-7(19)6-3-1-2-4-6/h6-7,19H,1-5H2,(H,17,18). The Morgan fingerprint density at radius 1 is 1.11 bits per heavy atom. The van der Waals surface area contributed by atoms with Gasteiger partial charge in [-0.05, 0) is 18.8 Å². The summed E-state index contributed by atoms with van der Waals surface area (Å²) in [6.07, 6.45) is 2.88. The number of aliphatic hydroxyl groups is 1. The Labute approximate surface area is 107 Å². The highest BCUT2D eigenvalue weighted by atomic mass is 19.2. The lowest BCUT2D eigenvalue weighted by molar-refractivity contribution is 0.122. The van der Waals surface area contributed by atoms with Crippen LogP contribution in [-0.2, 0) is 0 Å². The van der Waals surface area contributed by atoms with E-state index < -0.39 is 35.3 Å². The van der Waals surface area contributed by atoms with Crippen molar-refractivity contribution in [2.75, 3.05) is 11.9 Å². The van der Waals surface area contributed by atoms with Crippen LogP contribution < -0.4 is 5.32 Å². The van der Waals surface area contributed by atoms with Crippen molar-refractivity contribution in [2.45, 2.75) is 31.8 Å². The van der Waals surface area contributed by atoms with Gasteiger partial charge in [-0.15, -0.1) is 0 Å². The van der Waals surface area contributed by atoms with E-state index in [4.69, 9.17) is 0 Å². The molecule has 1 saturated carbocycles. The van der Waals surface area contributed by atoms with E-state index in [1.54, 1.807) is 0 Å². The van der Waals surface area contributed by atoms with Crippen LogP contribution in [0.2, 0.25) is 0 Å². The van der Waals surface area contributed by atoms with Gasteiger partial charge in [0.15, 0.2) is 0 Å². The van der Waals surface area contributed by atoms with Crippen molar-refractivity contribution in [2.24, 2.45) is 5.92 Å². The van der Waals surface area contributed by atoms with Crippen molar-refractivity contribution in [3.63, 3.8) is 0 Å². The van der Waals surface area contributed by atoms with Gasteiger partial charge in [-0.2, -0.15) is 22.5 Å². The molecule has 0 radical (unpaired) electrons. The van der Waals surface area contributed by atoms with Crippen molar-refractivity contribution in [1.29, 1.82) is 0 Å². The van der Waals surface area contributed by atoms with E-state index in [1.165, 1.54) is 0 Å². The summed E-state index contributed by atoms with van der Waals surface area (Å²) in [5, 5.41) is 12.0. The van der Waals surface area contributed by atoms with Gasteiger partial charge < -0.3 is 10.4 Å². The molecule has 2 N–H and O–H groups in total. The van der Waals surface area contributed by atoms with E-state index in [1.807, 2.05) is 0 Å². The molecule has 19 heavy (non-hydrogen) atoms. The lowest BCUT2D eigenvalue weighted by Gasteiger charge is -2.19. The van der Waals surface area contributed by atoms with Gasteiger partial charge in [0.1, 0.15) is 5.69 Å². The van der Waals surface area contributed by atoms with Crippen molar-refractivity contribution in [3.8, 4) is 0 Å². The number of halogens is 4. The Bertz CT molecular complexity index is 437. The molecule has 0 spiro atoms. The zero-order valence-electron chi connectivity index (χ0n) is 10.1. The molecule has 1 aromatic heterocycles. The molecule has 0 amide bonds. The minimum Gasteiger partial charge on any atom is -0.391 e. The van der Waals surface area contributed by atoms with Gasteiger partial charge in [0.2, 0.25) is 11.6 Å². The van der Waals surface area contributed by atoms with E-state index in [0.29, 0.717) is 0 Å². The van der Waals surface area contributed by atoms with Crippen LogP contribution in [0.1, 0.15) is 25.7 Å². The number of rotatable bonds is 4. The smallest absolute Gasteiger partial charge is 0.253 e. The second-order valence-corrected chi connectivity index (χ2v) is 4.69. The van der Waals surface area contributed by atoms with Crippen LogP contribution in [0.4, 0.5) is 23.2 Å². The molecule has 1 fully saturated rings. The molecule has 0 bridgehead atoms. The maximum absolute atomic E-state index is 13.3. The summed E-state index contributed by atoms with van der Waals surface area (Å²) in [6.45, 7) is -0.165. The Balaban J connectivity index is 2.06. The van der Waals surface area contributed by atoms with E-state index >= 15 is 0 Å². The summed E-state index contributed by atoms with van der Waals surface area (Å²) in [4.78, 5) is 2.45. The average Bonchev–Trinajstić information content (AvgIpc) is 2.90. The van der Waals surface area contributed by atoms with E-state index in [0.717, 1.165) is 25.7 Å². The third-order valence-electron chi connectivity index (χ3n) is 3.43. The maximum atomic E-state index is 13.3. The van der Waals surface area contributed by atoms with Gasteiger partial charge in [-0.1, -0.05) is 12.8 Å². The summed E-state index contributed by atoms with van der Waals surface area (Å²) >= 11 is 0. The van der Waals surface area contributed by atoms with Gasteiger partial charge in [0.25, 0.3) is 11.9 Å². The van der Waals surface area contributed by atoms with Crippen molar-refractivity contribution >= 4 is 5.69 Å². The summed E-state index contributed by atoms with van der Waals surface area (Å²) in [5.74, 6) is -6.54. The molecule has 0 aliphatic heterocycles. The molecule has 1 heterocycles. The lowest BCUT2D eigenvalue weighted by atomic mass is 10.0. The highest BCUT2D eigenvalue weighted by Crippen LogP contribution is 2.28. The molecule has 2 rings (SSSR count). The first kappa shape index (κ1) is 14.0. The lowest BCUT2D eigenvalue weighted by Crippen LogP contribution is -2.27. The molecule has 0 saturated heterocycles. The molecule has 106 valence electrons. The molecular formula is C12H14F4N2O. The quantitative estimate of drug-likeness (QED) is 0.657. The largest absolute Gasteiger partial charge is 0.391 e. The fourth-order valence-electron chi connectivity index (χ4n) is 2.36. The van der Waals surface area contributed by atoms with Gasteiger partial charge in [0.05, 0.1) is 6.10 Å². The predicted molar refractivity (Wildman–Crippen MR) is 60.5 cm³/mol. The molecule has 1 aliphatic rings. The predicted octanol–water partition coefficient (Wildman–Crippen LogP) is 2.60. The summed E-state index contributed by atoms with van der Waals surface area (Å²) in [6, 6.07) is 0. The molecule has 1 aliphatic carbocycles. The number of hydrogen-bond acceptors (Lipinski definition) is 3. The maximum Gasteiger partial charge on any atom is 0.253 e. The number of hydrogen-bond donors (Lipinski definition) is 2. The van der Waals surface area contributed by atoms with Crippen molar-refractivity contribution in [3.05, 3.63) is 23.5 Å². The highest BCUT2D eigenvalue weighted by Gasteiger charge is 2.25. The zero-order valence-corrected chi connectivity index (χ0v) is 10.1. The Morgan fingerprint density at radius 3 is 2.16 bits per heavy atom. The molecule has 1 aromatic rings. The van der Waals surface area contributed by atoms with E-state index in [9.17, 15) is 22.7 Å².